The molecule has 8 nitrogen and oxygen atoms in total. The van der Waals surface area contributed by atoms with Crippen LogP contribution < -0.4 is 10.6 Å². The van der Waals surface area contributed by atoms with Crippen LogP contribution in [0.3, 0.4) is 0 Å². The van der Waals surface area contributed by atoms with Crippen LogP contribution in [0.1, 0.15) is 30.2 Å². The van der Waals surface area contributed by atoms with Crippen LogP contribution in [0, 0.1) is 0 Å². The van der Waals surface area contributed by atoms with E-state index in [9.17, 15) is 0 Å². The lowest BCUT2D eigenvalue weighted by Crippen LogP contribution is -2.36. The Hall–Kier alpha value is -2.17. The van der Waals surface area contributed by atoms with Crippen LogP contribution in [-0.2, 0) is 26.1 Å². The molecule has 0 saturated heterocycles. The van der Waals surface area contributed by atoms with Gasteiger partial charge in [-0.15, -0.1) is 34.2 Å². The maximum Gasteiger partial charge on any atom is 0.191 e. The molecule has 0 bridgehead atoms. The molecule has 0 radical (unpaired) electrons. The lowest BCUT2D eigenvalue weighted by Gasteiger charge is -2.11. The van der Waals surface area contributed by atoms with Crippen LogP contribution in [0.2, 0.25) is 0 Å². The minimum absolute atomic E-state index is 0. The van der Waals surface area contributed by atoms with Gasteiger partial charge in [0.15, 0.2) is 17.4 Å². The first-order valence-corrected chi connectivity index (χ1v) is 8.61. The number of rotatable bonds is 4. The number of nitrogens with one attached hydrogen (secondary N) is 2. The number of hydrogen-bond donors (Lipinski definition) is 2. The van der Waals surface area contributed by atoms with E-state index in [1.165, 1.54) is 18.7 Å². The minimum atomic E-state index is 0. The van der Waals surface area contributed by atoms with E-state index in [0.717, 1.165) is 36.1 Å². The van der Waals surface area contributed by atoms with E-state index in [1.807, 2.05) is 28.8 Å². The fraction of sp³-hybridized carbons (Fsp3) is 0.412. The van der Waals surface area contributed by atoms with Gasteiger partial charge in [-0.25, -0.2) is 4.98 Å². The number of nitrogens with zero attached hydrogens (tertiary/aromatic N) is 6. The predicted octanol–water partition coefficient (Wildman–Crippen LogP) is 1.75. The van der Waals surface area contributed by atoms with Crippen LogP contribution in [0.15, 0.2) is 35.6 Å². The van der Waals surface area contributed by atoms with E-state index in [0.29, 0.717) is 13.1 Å². The van der Waals surface area contributed by atoms with Gasteiger partial charge in [0.25, 0.3) is 0 Å². The molecule has 0 aromatic carbocycles. The monoisotopic (exact) mass is 466 g/mol. The second kappa shape index (κ2) is 8.47. The molecule has 0 spiro atoms. The minimum Gasteiger partial charge on any atom is -0.351 e. The molecule has 1 aliphatic rings. The lowest BCUT2D eigenvalue weighted by molar-refractivity contribution is 0.522. The summed E-state index contributed by atoms with van der Waals surface area (Å²) in [7, 11) is 1.76. The molecule has 2 N–H and O–H groups in total. The number of aryl methyl sites for hydroxylation is 2. The summed E-state index contributed by atoms with van der Waals surface area (Å²) in [6.45, 7) is 2.28. The Balaban J connectivity index is 0.00000196. The van der Waals surface area contributed by atoms with E-state index >= 15 is 0 Å². The summed E-state index contributed by atoms with van der Waals surface area (Å²) in [5.74, 6) is 2.76. The van der Waals surface area contributed by atoms with Crippen molar-refractivity contribution in [3.63, 3.8) is 0 Å². The van der Waals surface area contributed by atoms with Crippen molar-refractivity contribution in [1.29, 1.82) is 0 Å². The molecule has 0 fully saturated rings. The molecule has 3 aromatic rings. The van der Waals surface area contributed by atoms with Gasteiger partial charge in [0, 0.05) is 32.4 Å². The summed E-state index contributed by atoms with van der Waals surface area (Å²) in [6.07, 6.45) is 7.65. The average molecular weight is 466 g/mol. The number of halogens is 1. The Labute approximate surface area is 169 Å². The zero-order chi connectivity index (χ0) is 17.1. The third-order valence-electron chi connectivity index (χ3n) is 4.42. The Bertz CT molecular complexity index is 874. The van der Waals surface area contributed by atoms with Crippen molar-refractivity contribution in [2.24, 2.45) is 4.99 Å². The van der Waals surface area contributed by atoms with E-state index in [1.54, 1.807) is 7.05 Å². The van der Waals surface area contributed by atoms with Gasteiger partial charge in [-0.3, -0.25) is 9.39 Å². The van der Waals surface area contributed by atoms with E-state index in [2.05, 4.69) is 36.6 Å². The fourth-order valence-electron chi connectivity index (χ4n) is 3.13. The molecule has 0 unspecified atom stereocenters. The first kappa shape index (κ1) is 18.6. The van der Waals surface area contributed by atoms with Gasteiger partial charge in [-0.1, -0.05) is 6.07 Å². The Morgan fingerprint density at radius 1 is 1.19 bits per heavy atom. The van der Waals surface area contributed by atoms with Crippen molar-refractivity contribution < 1.29 is 0 Å². The predicted molar refractivity (Wildman–Crippen MR) is 111 cm³/mol. The highest BCUT2D eigenvalue weighted by Gasteiger charge is 2.12. The Morgan fingerprint density at radius 3 is 2.92 bits per heavy atom. The van der Waals surface area contributed by atoms with Crippen LogP contribution in [0.25, 0.3) is 5.65 Å². The van der Waals surface area contributed by atoms with E-state index < -0.39 is 0 Å². The molecule has 4 rings (SSSR count). The Morgan fingerprint density at radius 2 is 2.08 bits per heavy atom. The number of pyridine rings is 1. The first-order chi connectivity index (χ1) is 12.3. The van der Waals surface area contributed by atoms with Gasteiger partial charge in [-0.2, -0.15) is 0 Å². The summed E-state index contributed by atoms with van der Waals surface area (Å²) < 4.78 is 4.22. The van der Waals surface area contributed by atoms with Crippen molar-refractivity contribution in [2.45, 2.75) is 38.9 Å². The smallest absolute Gasteiger partial charge is 0.191 e. The number of imidazole rings is 1. The zero-order valence-electron chi connectivity index (χ0n) is 14.7. The summed E-state index contributed by atoms with van der Waals surface area (Å²) in [4.78, 5) is 8.97. The van der Waals surface area contributed by atoms with Crippen LogP contribution in [0.4, 0.5) is 0 Å². The van der Waals surface area contributed by atoms with Gasteiger partial charge in [-0.05, 0) is 25.0 Å². The average Bonchev–Trinajstić information content (AvgIpc) is 3.25. The van der Waals surface area contributed by atoms with Gasteiger partial charge in [0.05, 0.1) is 18.8 Å². The summed E-state index contributed by atoms with van der Waals surface area (Å²) in [6, 6.07) is 5.85. The van der Waals surface area contributed by atoms with Crippen molar-refractivity contribution in [2.75, 3.05) is 7.05 Å². The molecule has 9 heteroatoms. The molecular formula is C17H23IN8. The Kier molecular flexibility index (Phi) is 6.07. The van der Waals surface area contributed by atoms with Crippen LogP contribution >= 0.6 is 24.0 Å². The number of hydrogen-bond acceptors (Lipinski definition) is 4. The first-order valence-electron chi connectivity index (χ1n) is 8.61. The molecule has 26 heavy (non-hydrogen) atoms. The van der Waals surface area contributed by atoms with Gasteiger partial charge in [0.2, 0.25) is 0 Å². The summed E-state index contributed by atoms with van der Waals surface area (Å²) in [5, 5.41) is 15.0. The van der Waals surface area contributed by atoms with Crippen LogP contribution in [-0.4, -0.2) is 37.2 Å². The van der Waals surface area contributed by atoms with Crippen LogP contribution in [0.5, 0.6) is 0 Å². The molecule has 0 saturated carbocycles. The maximum absolute atomic E-state index is 4.70. The standard InChI is InChI=1S/C17H22N8.HI/c1-18-17(19-10-13-12-24-8-4-2-6-14(24)21-13)20-11-16-23-22-15-7-3-5-9-25(15)16;/h3,5,7,9,12H,2,4,6,8,10-11H2,1H3,(H2,18,19,20);1H. The molecule has 4 heterocycles. The molecular weight excluding hydrogens is 443 g/mol. The third-order valence-corrected chi connectivity index (χ3v) is 4.42. The highest BCUT2D eigenvalue weighted by atomic mass is 127. The SMILES string of the molecule is CN=C(NCc1cn2c(n1)CCCC2)NCc1nnc2ccccn12.I. The topological polar surface area (TPSA) is 84.4 Å². The lowest BCUT2D eigenvalue weighted by atomic mass is 10.2. The van der Waals surface area contributed by atoms with Crippen molar-refractivity contribution in [3.8, 4) is 0 Å². The number of fused-ring (bicyclic) bond motifs is 2. The second-order valence-corrected chi connectivity index (χ2v) is 6.12. The second-order valence-electron chi connectivity index (χ2n) is 6.12. The number of aromatic nitrogens is 5. The summed E-state index contributed by atoms with van der Waals surface area (Å²) in [5.41, 5.74) is 1.89. The van der Waals surface area contributed by atoms with Crippen molar-refractivity contribution in [1.82, 2.24) is 34.8 Å². The van der Waals surface area contributed by atoms with Gasteiger partial charge in [0.1, 0.15) is 5.82 Å². The van der Waals surface area contributed by atoms with Crippen molar-refractivity contribution in [3.05, 3.63) is 47.9 Å². The number of guanidine groups is 1. The highest BCUT2D eigenvalue weighted by Crippen LogP contribution is 2.14. The number of aliphatic imine (C=N–C) groups is 1. The fourth-order valence-corrected chi connectivity index (χ4v) is 3.13. The van der Waals surface area contributed by atoms with Gasteiger partial charge >= 0.3 is 0 Å². The van der Waals surface area contributed by atoms with Crippen molar-refractivity contribution >= 4 is 35.6 Å². The molecule has 1 aliphatic heterocycles. The quantitative estimate of drug-likeness (QED) is 0.348. The zero-order valence-corrected chi connectivity index (χ0v) is 17.1. The molecule has 0 aliphatic carbocycles. The van der Waals surface area contributed by atoms with E-state index in [-0.39, 0.29) is 24.0 Å². The molecule has 138 valence electrons. The molecule has 0 amide bonds. The normalized spacial score (nSPS) is 14.0. The molecule has 0 atom stereocenters. The summed E-state index contributed by atoms with van der Waals surface area (Å²) >= 11 is 0. The van der Waals surface area contributed by atoms with Gasteiger partial charge < -0.3 is 15.2 Å². The third kappa shape index (κ3) is 3.97. The van der Waals surface area contributed by atoms with E-state index in [4.69, 9.17) is 4.98 Å². The highest BCUT2D eigenvalue weighted by molar-refractivity contribution is 14.0. The maximum atomic E-state index is 4.70. The molecule has 3 aromatic heterocycles. The largest absolute Gasteiger partial charge is 0.351 e.